The molecular formula is C18H26N6O2. The number of anilines is 1. The smallest absolute Gasteiger partial charge is 0.320 e. The van der Waals surface area contributed by atoms with Crippen LogP contribution in [0.4, 0.5) is 5.82 Å². The molecule has 140 valence electrons. The highest BCUT2D eigenvalue weighted by Crippen LogP contribution is 2.16. The van der Waals surface area contributed by atoms with Crippen molar-refractivity contribution in [2.75, 3.05) is 44.2 Å². The van der Waals surface area contributed by atoms with Gasteiger partial charge in [0.1, 0.15) is 5.82 Å². The molecule has 0 atom stereocenters. The van der Waals surface area contributed by atoms with Gasteiger partial charge in [0.15, 0.2) is 5.82 Å². The Hall–Kier alpha value is -2.48. The molecule has 2 aromatic heterocycles. The van der Waals surface area contributed by atoms with Crippen molar-refractivity contribution in [2.45, 2.75) is 27.2 Å². The quantitative estimate of drug-likeness (QED) is 0.747. The molecule has 0 radical (unpaired) electrons. The van der Waals surface area contributed by atoms with Gasteiger partial charge in [-0.2, -0.15) is 5.10 Å². The first-order chi connectivity index (χ1) is 12.6. The fourth-order valence-corrected chi connectivity index (χ4v) is 3.21. The van der Waals surface area contributed by atoms with E-state index in [2.05, 4.69) is 19.9 Å². The zero-order chi connectivity index (χ0) is 18.5. The van der Waals surface area contributed by atoms with Crippen LogP contribution in [0.25, 0.3) is 5.82 Å². The van der Waals surface area contributed by atoms with E-state index >= 15 is 0 Å². The second-order valence-corrected chi connectivity index (χ2v) is 6.50. The summed E-state index contributed by atoms with van der Waals surface area (Å²) in [6.07, 6.45) is 4.48. The minimum atomic E-state index is -0.160. The van der Waals surface area contributed by atoms with Crippen molar-refractivity contribution in [1.29, 1.82) is 0 Å². The largest absolute Gasteiger partial charge is 0.465 e. The summed E-state index contributed by atoms with van der Waals surface area (Å²) in [7, 11) is 0. The standard InChI is InChI=1S/C18H26N6O2/c1-4-26-18(25)13-22-6-5-7-23(9-8-22)16-11-19-12-17(20-16)24-15(3)10-14(2)21-24/h10-12H,4-9,13H2,1-3H3. The highest BCUT2D eigenvalue weighted by Gasteiger charge is 2.19. The molecule has 0 bridgehead atoms. The van der Waals surface area contributed by atoms with Crippen LogP contribution >= 0.6 is 0 Å². The van der Waals surface area contributed by atoms with Gasteiger partial charge in [0.25, 0.3) is 0 Å². The van der Waals surface area contributed by atoms with Crippen LogP contribution in [0.2, 0.25) is 0 Å². The van der Waals surface area contributed by atoms with Gasteiger partial charge in [-0.1, -0.05) is 0 Å². The van der Waals surface area contributed by atoms with Gasteiger partial charge < -0.3 is 9.64 Å². The first kappa shape index (κ1) is 18.3. The van der Waals surface area contributed by atoms with E-state index in [1.165, 1.54) is 0 Å². The molecule has 1 saturated heterocycles. The molecule has 0 N–H and O–H groups in total. The number of aryl methyl sites for hydroxylation is 2. The van der Waals surface area contributed by atoms with Gasteiger partial charge in [-0.25, -0.2) is 9.67 Å². The minimum absolute atomic E-state index is 0.160. The lowest BCUT2D eigenvalue weighted by Crippen LogP contribution is -2.35. The van der Waals surface area contributed by atoms with Crippen LogP contribution in [-0.2, 0) is 9.53 Å². The summed E-state index contributed by atoms with van der Waals surface area (Å²) < 4.78 is 6.86. The summed E-state index contributed by atoms with van der Waals surface area (Å²) in [6, 6.07) is 2.02. The van der Waals surface area contributed by atoms with Crippen LogP contribution in [0.1, 0.15) is 24.7 Å². The molecule has 0 aromatic carbocycles. The second-order valence-electron chi connectivity index (χ2n) is 6.50. The number of hydrogen-bond acceptors (Lipinski definition) is 7. The average Bonchev–Trinajstić information content (AvgIpc) is 2.81. The first-order valence-electron chi connectivity index (χ1n) is 9.05. The Morgan fingerprint density at radius 3 is 2.69 bits per heavy atom. The molecule has 1 fully saturated rings. The SMILES string of the molecule is CCOC(=O)CN1CCCN(c2cncc(-n3nc(C)cc3C)n2)CC1. The van der Waals surface area contributed by atoms with E-state index in [1.54, 1.807) is 12.4 Å². The number of carbonyl (C=O) groups excluding carboxylic acids is 1. The maximum atomic E-state index is 11.7. The highest BCUT2D eigenvalue weighted by molar-refractivity contribution is 5.71. The predicted molar refractivity (Wildman–Crippen MR) is 98.5 cm³/mol. The summed E-state index contributed by atoms with van der Waals surface area (Å²) in [6.45, 7) is 9.93. The molecule has 2 aromatic rings. The third-order valence-electron chi connectivity index (χ3n) is 4.41. The van der Waals surface area contributed by atoms with Crippen LogP contribution < -0.4 is 4.90 Å². The van der Waals surface area contributed by atoms with Gasteiger partial charge in [-0.3, -0.25) is 14.7 Å². The number of hydrogen-bond donors (Lipinski definition) is 0. The van der Waals surface area contributed by atoms with Crippen LogP contribution in [0.5, 0.6) is 0 Å². The van der Waals surface area contributed by atoms with Crippen LogP contribution in [0.3, 0.4) is 0 Å². The molecule has 1 aliphatic heterocycles. The lowest BCUT2D eigenvalue weighted by molar-refractivity contribution is -0.144. The molecular weight excluding hydrogens is 332 g/mol. The zero-order valence-corrected chi connectivity index (χ0v) is 15.7. The van der Waals surface area contributed by atoms with E-state index < -0.39 is 0 Å². The van der Waals surface area contributed by atoms with Crippen molar-refractivity contribution in [3.8, 4) is 5.82 Å². The van der Waals surface area contributed by atoms with E-state index in [1.807, 2.05) is 31.5 Å². The molecule has 3 rings (SSSR count). The lowest BCUT2D eigenvalue weighted by Gasteiger charge is -2.22. The molecule has 1 aliphatic rings. The maximum Gasteiger partial charge on any atom is 0.320 e. The van der Waals surface area contributed by atoms with Crippen molar-refractivity contribution >= 4 is 11.8 Å². The predicted octanol–water partition coefficient (Wildman–Crippen LogP) is 1.35. The zero-order valence-electron chi connectivity index (χ0n) is 15.7. The molecule has 0 aliphatic carbocycles. The number of ether oxygens (including phenoxy) is 1. The van der Waals surface area contributed by atoms with Gasteiger partial charge in [0.2, 0.25) is 0 Å². The Morgan fingerprint density at radius 2 is 1.96 bits per heavy atom. The molecule has 26 heavy (non-hydrogen) atoms. The number of esters is 1. The molecule has 0 spiro atoms. The topological polar surface area (TPSA) is 76.4 Å². The van der Waals surface area contributed by atoms with Gasteiger partial charge in [0, 0.05) is 31.9 Å². The van der Waals surface area contributed by atoms with Gasteiger partial charge in [-0.05, 0) is 33.3 Å². The van der Waals surface area contributed by atoms with Crippen molar-refractivity contribution in [3.63, 3.8) is 0 Å². The molecule has 3 heterocycles. The Balaban J connectivity index is 1.69. The average molecular weight is 358 g/mol. The molecule has 8 nitrogen and oxygen atoms in total. The summed E-state index contributed by atoms with van der Waals surface area (Å²) in [5.74, 6) is 1.40. The van der Waals surface area contributed by atoms with Crippen LogP contribution in [0.15, 0.2) is 18.5 Å². The maximum absolute atomic E-state index is 11.7. The summed E-state index contributed by atoms with van der Waals surface area (Å²) in [5.41, 5.74) is 1.99. The van der Waals surface area contributed by atoms with Crippen LogP contribution in [0, 0.1) is 13.8 Å². The van der Waals surface area contributed by atoms with Gasteiger partial charge in [-0.15, -0.1) is 0 Å². The lowest BCUT2D eigenvalue weighted by atomic mass is 10.4. The summed E-state index contributed by atoms with van der Waals surface area (Å²) >= 11 is 0. The van der Waals surface area contributed by atoms with E-state index in [9.17, 15) is 4.79 Å². The van der Waals surface area contributed by atoms with E-state index in [0.29, 0.717) is 13.2 Å². The fraction of sp³-hybridized carbons (Fsp3) is 0.556. The third-order valence-corrected chi connectivity index (χ3v) is 4.41. The monoisotopic (exact) mass is 358 g/mol. The van der Waals surface area contributed by atoms with Gasteiger partial charge in [0.05, 0.1) is 31.2 Å². The first-order valence-corrected chi connectivity index (χ1v) is 9.05. The van der Waals surface area contributed by atoms with Crippen molar-refractivity contribution in [3.05, 3.63) is 29.8 Å². The summed E-state index contributed by atoms with van der Waals surface area (Å²) in [4.78, 5) is 25.2. The van der Waals surface area contributed by atoms with Gasteiger partial charge >= 0.3 is 5.97 Å². The van der Waals surface area contributed by atoms with Crippen LogP contribution in [-0.4, -0.2) is 69.9 Å². The van der Waals surface area contributed by atoms with E-state index in [4.69, 9.17) is 9.72 Å². The molecule has 0 amide bonds. The fourth-order valence-electron chi connectivity index (χ4n) is 3.21. The number of aromatic nitrogens is 4. The van der Waals surface area contributed by atoms with E-state index in [-0.39, 0.29) is 5.97 Å². The Bertz CT molecular complexity index is 760. The van der Waals surface area contributed by atoms with E-state index in [0.717, 1.165) is 55.6 Å². The molecule has 0 saturated carbocycles. The highest BCUT2D eigenvalue weighted by atomic mass is 16.5. The molecule has 0 unspecified atom stereocenters. The molecule has 8 heteroatoms. The minimum Gasteiger partial charge on any atom is -0.465 e. The number of nitrogens with zero attached hydrogens (tertiary/aromatic N) is 6. The number of rotatable bonds is 5. The van der Waals surface area contributed by atoms with Crippen molar-refractivity contribution in [1.82, 2.24) is 24.6 Å². The Labute approximate surface area is 153 Å². The Morgan fingerprint density at radius 1 is 1.15 bits per heavy atom. The third kappa shape index (κ3) is 4.37. The Kier molecular flexibility index (Phi) is 5.82. The normalized spacial score (nSPS) is 15.7. The van der Waals surface area contributed by atoms with Crippen molar-refractivity contribution in [2.24, 2.45) is 0 Å². The number of carbonyl (C=O) groups is 1. The van der Waals surface area contributed by atoms with Crippen molar-refractivity contribution < 1.29 is 9.53 Å². The second kappa shape index (κ2) is 8.27. The summed E-state index contributed by atoms with van der Waals surface area (Å²) in [5, 5.41) is 4.48.